The Labute approximate surface area is 346 Å². The third-order valence-electron chi connectivity index (χ3n) is 8.62. The molecule has 0 aliphatic rings. The summed E-state index contributed by atoms with van der Waals surface area (Å²) < 4.78 is 55.2. The molecule has 2 amide bonds. The number of hydrogen-bond acceptors (Lipinski definition) is 11. The number of aryl methyl sites for hydroxylation is 1. The van der Waals surface area contributed by atoms with Crippen LogP contribution in [0, 0.1) is 0 Å². The molecule has 0 radical (unpaired) electrons. The minimum atomic E-state index is -3.88. The summed E-state index contributed by atoms with van der Waals surface area (Å²) in [6, 6.07) is 20.5. The van der Waals surface area contributed by atoms with Crippen molar-refractivity contribution in [3.8, 4) is 5.75 Å². The van der Waals surface area contributed by atoms with E-state index in [1.807, 2.05) is 12.1 Å². The number of nitrogens with one attached hydrogen (secondary N) is 3. The van der Waals surface area contributed by atoms with Crippen LogP contribution in [0.4, 0.5) is 5.69 Å². The number of sulfonamides is 1. The van der Waals surface area contributed by atoms with Gasteiger partial charge in [-0.1, -0.05) is 56.4 Å². The van der Waals surface area contributed by atoms with Crippen molar-refractivity contribution in [2.24, 2.45) is 0 Å². The van der Waals surface area contributed by atoms with E-state index in [0.29, 0.717) is 11.3 Å². The highest BCUT2D eigenvalue weighted by atomic mass is 32.2. The number of unbranched alkanes of at least 4 members (excludes halogenated alkanes) is 6. The van der Waals surface area contributed by atoms with Gasteiger partial charge in [-0.3, -0.25) is 19.1 Å². The first-order valence-corrected chi connectivity index (χ1v) is 21.2. The average Bonchev–Trinajstić information content (AvgIpc) is 3.21. The molecule has 0 saturated heterocycles. The first-order chi connectivity index (χ1) is 28.5. The Morgan fingerprint density at radius 1 is 0.559 bits per heavy atom. The number of aliphatic carboxylic acids is 2. The maximum Gasteiger partial charge on any atom is 0.329 e. The van der Waals surface area contributed by atoms with E-state index in [-0.39, 0.29) is 95.7 Å². The number of carboxylic acid groups (broad SMARTS) is 2. The van der Waals surface area contributed by atoms with Gasteiger partial charge in [-0.15, -0.1) is 0 Å². The van der Waals surface area contributed by atoms with Gasteiger partial charge >= 0.3 is 11.9 Å². The van der Waals surface area contributed by atoms with Crippen LogP contribution in [0.2, 0.25) is 0 Å². The van der Waals surface area contributed by atoms with E-state index in [1.54, 1.807) is 12.1 Å². The molecular formula is C42H57N3O13S. The SMILES string of the molecule is O=C(O)CCCCCCCCCc1ccc(OCc2ccc(S(=O)(=O)Nc3ccc(C(=O)NCCOCCOCC(=O)NCCOCCOCC(=O)O)cc3)cc2)cc1. The topological polar surface area (TPSA) is 225 Å². The van der Waals surface area contributed by atoms with Gasteiger partial charge in [-0.05, 0) is 78.9 Å². The van der Waals surface area contributed by atoms with Gasteiger partial charge in [0.25, 0.3) is 15.9 Å². The van der Waals surface area contributed by atoms with Crippen LogP contribution in [-0.2, 0) is 56.4 Å². The zero-order valence-electron chi connectivity index (χ0n) is 33.4. The lowest BCUT2D eigenvalue weighted by molar-refractivity contribution is -0.143. The summed E-state index contributed by atoms with van der Waals surface area (Å²) in [5.74, 6) is -1.73. The highest BCUT2D eigenvalue weighted by molar-refractivity contribution is 7.92. The molecule has 0 spiro atoms. The molecule has 0 unspecified atom stereocenters. The quantitative estimate of drug-likeness (QED) is 0.0520. The first kappa shape index (κ1) is 48.3. The van der Waals surface area contributed by atoms with Crippen molar-refractivity contribution in [2.45, 2.75) is 69.3 Å². The van der Waals surface area contributed by atoms with Crippen LogP contribution in [0.15, 0.2) is 77.7 Å². The molecule has 17 heteroatoms. The number of carboxylic acids is 2. The standard InChI is InChI=1S/C42H57N3O13S/c46-39(43-22-24-54-27-29-57-32-41(49)50)31-56-28-26-55-25-23-44-42(51)35-14-16-36(17-15-35)45-59(52,53)38-20-12-34(13-21-38)30-58-37-18-10-33(11-19-37)8-6-4-2-1-3-5-7-9-40(47)48/h10-21,45H,1-9,22-32H2,(H,43,46)(H,44,51)(H,47,48)(H,49,50). The third kappa shape index (κ3) is 22.0. The molecule has 5 N–H and O–H groups in total. The molecule has 0 aliphatic carbocycles. The smallest absolute Gasteiger partial charge is 0.329 e. The van der Waals surface area contributed by atoms with Crippen LogP contribution in [-0.4, -0.2) is 108 Å². The van der Waals surface area contributed by atoms with Crippen molar-refractivity contribution in [2.75, 3.05) is 70.7 Å². The molecule has 0 bridgehead atoms. The van der Waals surface area contributed by atoms with Crippen LogP contribution in [0.1, 0.15) is 72.9 Å². The van der Waals surface area contributed by atoms with Gasteiger partial charge in [0.05, 0.1) is 44.5 Å². The van der Waals surface area contributed by atoms with Crippen molar-refractivity contribution >= 4 is 39.5 Å². The molecule has 0 aliphatic heterocycles. The summed E-state index contributed by atoms with van der Waals surface area (Å²) in [6.45, 7) is 1.44. The number of hydrogen-bond donors (Lipinski definition) is 5. The molecule has 3 rings (SSSR count). The molecule has 0 heterocycles. The Morgan fingerprint density at radius 2 is 1.12 bits per heavy atom. The number of benzene rings is 3. The second kappa shape index (κ2) is 28.4. The van der Waals surface area contributed by atoms with E-state index >= 15 is 0 Å². The lowest BCUT2D eigenvalue weighted by atomic mass is 10.0. The van der Waals surface area contributed by atoms with Gasteiger partial charge < -0.3 is 44.5 Å². The monoisotopic (exact) mass is 843 g/mol. The highest BCUT2D eigenvalue weighted by Crippen LogP contribution is 2.20. The predicted molar refractivity (Wildman–Crippen MR) is 219 cm³/mol. The number of ether oxygens (including phenoxy) is 5. The average molecular weight is 844 g/mol. The van der Waals surface area contributed by atoms with Crippen molar-refractivity contribution in [1.29, 1.82) is 0 Å². The van der Waals surface area contributed by atoms with Gasteiger partial charge in [-0.2, -0.15) is 0 Å². The van der Waals surface area contributed by atoms with E-state index in [4.69, 9.17) is 33.9 Å². The molecule has 3 aromatic rings. The van der Waals surface area contributed by atoms with Crippen LogP contribution >= 0.6 is 0 Å². The van der Waals surface area contributed by atoms with Gasteiger partial charge in [0.1, 0.15) is 25.6 Å². The highest BCUT2D eigenvalue weighted by Gasteiger charge is 2.15. The van der Waals surface area contributed by atoms with Crippen LogP contribution in [0.5, 0.6) is 5.75 Å². The van der Waals surface area contributed by atoms with Gasteiger partial charge in [0.15, 0.2) is 0 Å². The van der Waals surface area contributed by atoms with Gasteiger partial charge in [-0.25, -0.2) is 13.2 Å². The minimum absolute atomic E-state index is 0.0836. The summed E-state index contributed by atoms with van der Waals surface area (Å²) in [6.07, 6.45) is 8.60. The molecule has 16 nitrogen and oxygen atoms in total. The maximum absolute atomic E-state index is 13.0. The Bertz CT molecular complexity index is 1790. The van der Waals surface area contributed by atoms with E-state index in [1.165, 1.54) is 42.0 Å². The largest absolute Gasteiger partial charge is 0.489 e. The minimum Gasteiger partial charge on any atom is -0.489 e. The van der Waals surface area contributed by atoms with Crippen molar-refractivity contribution in [3.05, 3.63) is 89.5 Å². The fraction of sp³-hybridized carbons (Fsp3) is 0.476. The Morgan fingerprint density at radius 3 is 1.75 bits per heavy atom. The first-order valence-electron chi connectivity index (χ1n) is 19.7. The third-order valence-corrected chi connectivity index (χ3v) is 10.0. The predicted octanol–water partition coefficient (Wildman–Crippen LogP) is 4.81. The van der Waals surface area contributed by atoms with Crippen molar-refractivity contribution in [3.63, 3.8) is 0 Å². The number of amides is 2. The van der Waals surface area contributed by atoms with Crippen LogP contribution in [0.25, 0.3) is 0 Å². The van der Waals surface area contributed by atoms with Gasteiger partial charge in [0.2, 0.25) is 5.91 Å². The number of carbonyl (C=O) groups is 4. The number of rotatable bonds is 33. The lowest BCUT2D eigenvalue weighted by Crippen LogP contribution is -2.31. The van der Waals surface area contributed by atoms with Crippen LogP contribution in [0.3, 0.4) is 0 Å². The normalized spacial score (nSPS) is 11.2. The van der Waals surface area contributed by atoms with E-state index in [2.05, 4.69) is 27.5 Å². The maximum atomic E-state index is 13.0. The van der Waals surface area contributed by atoms with Crippen LogP contribution < -0.4 is 20.1 Å². The molecule has 0 fully saturated rings. The molecule has 0 atom stereocenters. The second-order valence-corrected chi connectivity index (χ2v) is 15.1. The molecular weight excluding hydrogens is 787 g/mol. The number of carbonyl (C=O) groups excluding carboxylic acids is 2. The summed E-state index contributed by atoms with van der Waals surface area (Å²) in [4.78, 5) is 45.3. The fourth-order valence-electron chi connectivity index (χ4n) is 5.49. The van der Waals surface area contributed by atoms with Crippen molar-refractivity contribution < 1.29 is 61.5 Å². The van der Waals surface area contributed by atoms with E-state index < -0.39 is 22.0 Å². The summed E-state index contributed by atoms with van der Waals surface area (Å²) >= 11 is 0. The molecule has 324 valence electrons. The number of anilines is 1. The summed E-state index contributed by atoms with van der Waals surface area (Å²) in [7, 11) is -3.88. The zero-order chi connectivity index (χ0) is 42.6. The molecule has 3 aromatic carbocycles. The molecule has 59 heavy (non-hydrogen) atoms. The van der Waals surface area contributed by atoms with E-state index in [9.17, 15) is 27.6 Å². The van der Waals surface area contributed by atoms with Gasteiger partial charge in [0, 0.05) is 30.8 Å². The Hall–Kier alpha value is -5.07. The molecule has 0 saturated carbocycles. The zero-order valence-corrected chi connectivity index (χ0v) is 34.2. The summed E-state index contributed by atoms with van der Waals surface area (Å²) in [5, 5.41) is 22.5. The summed E-state index contributed by atoms with van der Waals surface area (Å²) in [5.41, 5.74) is 2.69. The fourth-order valence-corrected chi connectivity index (χ4v) is 6.55. The van der Waals surface area contributed by atoms with E-state index in [0.717, 1.165) is 62.7 Å². The Balaban J connectivity index is 1.24. The molecule has 0 aromatic heterocycles. The second-order valence-electron chi connectivity index (χ2n) is 13.5. The van der Waals surface area contributed by atoms with Crippen molar-refractivity contribution in [1.82, 2.24) is 10.6 Å². The lowest BCUT2D eigenvalue weighted by Gasteiger charge is -2.11. The Kier molecular flexibility index (Phi) is 23.2.